The van der Waals surface area contributed by atoms with Crippen LogP contribution in [-0.4, -0.2) is 17.5 Å². The minimum atomic E-state index is -0.117. The fourth-order valence-corrected chi connectivity index (χ4v) is 1.67. The molecule has 0 saturated heterocycles. The van der Waals surface area contributed by atoms with E-state index in [2.05, 4.69) is 5.32 Å². The topological polar surface area (TPSA) is 63.2 Å². The summed E-state index contributed by atoms with van der Waals surface area (Å²) in [6.45, 7) is 5.02. The maximum atomic E-state index is 11.5. The average Bonchev–Trinajstić information content (AvgIpc) is 2.37. The fraction of sp³-hybridized carbons (Fsp3) is 0.400. The van der Waals surface area contributed by atoms with Crippen molar-refractivity contribution in [3.05, 3.63) is 29.3 Å². The van der Waals surface area contributed by atoms with E-state index < -0.39 is 0 Å². The number of amides is 1. The average molecular weight is 261 g/mol. The number of nitrogens with one attached hydrogen (secondary N) is 1. The molecule has 0 fully saturated rings. The van der Waals surface area contributed by atoms with Gasteiger partial charge in [-0.2, -0.15) is 0 Å². The Balaban J connectivity index is 3.06. The molecule has 0 aromatic heterocycles. The smallest absolute Gasteiger partial charge is 0.224 e. The van der Waals surface area contributed by atoms with Gasteiger partial charge in [0.2, 0.25) is 5.91 Å². The lowest BCUT2D eigenvalue weighted by atomic mass is 10.0. The third kappa shape index (κ3) is 4.66. The van der Waals surface area contributed by atoms with Crippen molar-refractivity contribution in [2.45, 2.75) is 40.0 Å². The number of Topliss-reactive ketones (excluding diaryl/α,β-unsaturated/α-hetero) is 2. The summed E-state index contributed by atoms with van der Waals surface area (Å²) in [4.78, 5) is 34.3. The molecule has 0 radical (unpaired) electrons. The van der Waals surface area contributed by atoms with Gasteiger partial charge in [0.1, 0.15) is 5.78 Å². The van der Waals surface area contributed by atoms with E-state index >= 15 is 0 Å². The van der Waals surface area contributed by atoms with Crippen molar-refractivity contribution in [1.82, 2.24) is 0 Å². The van der Waals surface area contributed by atoms with Crippen LogP contribution in [0.25, 0.3) is 0 Å². The maximum absolute atomic E-state index is 11.5. The Morgan fingerprint density at radius 2 is 1.74 bits per heavy atom. The summed E-state index contributed by atoms with van der Waals surface area (Å²) in [6.07, 6.45) is 1.11. The molecule has 0 bridgehead atoms. The summed E-state index contributed by atoms with van der Waals surface area (Å²) in [5.74, 6) is -0.0975. The first-order chi connectivity index (χ1) is 8.96. The van der Waals surface area contributed by atoms with E-state index in [1.807, 2.05) is 0 Å². The van der Waals surface area contributed by atoms with Crippen LogP contribution >= 0.6 is 0 Å². The first-order valence-electron chi connectivity index (χ1n) is 6.42. The van der Waals surface area contributed by atoms with Crippen LogP contribution in [0, 0.1) is 0 Å². The van der Waals surface area contributed by atoms with Crippen molar-refractivity contribution in [2.24, 2.45) is 0 Å². The number of anilines is 1. The Morgan fingerprint density at radius 3 is 2.26 bits per heavy atom. The van der Waals surface area contributed by atoms with Crippen LogP contribution in [0.5, 0.6) is 0 Å². The molecule has 0 atom stereocenters. The molecule has 0 saturated carbocycles. The van der Waals surface area contributed by atoms with Crippen molar-refractivity contribution >= 4 is 23.2 Å². The summed E-state index contributed by atoms with van der Waals surface area (Å²) >= 11 is 0. The maximum Gasteiger partial charge on any atom is 0.224 e. The standard InChI is InChI=1S/C15H19NO3/c1-4-14(18)8-11-6-12(10(3)17)9-13(7-11)16-15(19)5-2/h6-7,9H,4-5,8H2,1-3H3,(H,16,19). The number of hydrogen-bond acceptors (Lipinski definition) is 3. The molecule has 1 rings (SSSR count). The van der Waals surface area contributed by atoms with Gasteiger partial charge in [-0.3, -0.25) is 14.4 Å². The van der Waals surface area contributed by atoms with Crippen LogP contribution in [0.3, 0.4) is 0 Å². The summed E-state index contributed by atoms with van der Waals surface area (Å²) < 4.78 is 0. The highest BCUT2D eigenvalue weighted by Crippen LogP contribution is 2.17. The molecule has 19 heavy (non-hydrogen) atoms. The molecule has 0 aliphatic heterocycles. The van der Waals surface area contributed by atoms with Crippen LogP contribution < -0.4 is 5.32 Å². The van der Waals surface area contributed by atoms with Crippen molar-refractivity contribution in [3.8, 4) is 0 Å². The van der Waals surface area contributed by atoms with E-state index in [1.54, 1.807) is 32.0 Å². The summed E-state index contributed by atoms with van der Waals surface area (Å²) in [6, 6.07) is 5.08. The zero-order valence-corrected chi connectivity index (χ0v) is 11.6. The van der Waals surface area contributed by atoms with Crippen molar-refractivity contribution in [3.63, 3.8) is 0 Å². The number of hydrogen-bond donors (Lipinski definition) is 1. The molecule has 1 aromatic carbocycles. The molecule has 1 amide bonds. The van der Waals surface area contributed by atoms with Gasteiger partial charge in [0.05, 0.1) is 0 Å². The molecular formula is C15H19NO3. The quantitative estimate of drug-likeness (QED) is 0.801. The molecule has 0 aliphatic carbocycles. The Kier molecular flexibility index (Phi) is 5.42. The van der Waals surface area contributed by atoms with Crippen LogP contribution in [0.15, 0.2) is 18.2 Å². The van der Waals surface area contributed by atoms with Gasteiger partial charge in [-0.1, -0.05) is 13.8 Å². The summed E-state index contributed by atoms with van der Waals surface area (Å²) in [5.41, 5.74) is 1.83. The molecule has 0 heterocycles. The number of rotatable bonds is 6. The van der Waals surface area contributed by atoms with Crippen molar-refractivity contribution in [2.75, 3.05) is 5.32 Å². The van der Waals surface area contributed by atoms with Crippen LogP contribution in [0.4, 0.5) is 5.69 Å². The van der Waals surface area contributed by atoms with E-state index in [-0.39, 0.29) is 23.9 Å². The first kappa shape index (κ1) is 15.1. The Morgan fingerprint density at radius 1 is 1.05 bits per heavy atom. The van der Waals surface area contributed by atoms with Gasteiger partial charge < -0.3 is 5.32 Å². The second-order valence-electron chi connectivity index (χ2n) is 4.45. The molecule has 1 N–H and O–H groups in total. The van der Waals surface area contributed by atoms with E-state index in [0.29, 0.717) is 24.1 Å². The second-order valence-corrected chi connectivity index (χ2v) is 4.45. The zero-order valence-electron chi connectivity index (χ0n) is 11.6. The SMILES string of the molecule is CCC(=O)Cc1cc(NC(=O)CC)cc(C(C)=O)c1. The van der Waals surface area contributed by atoms with Crippen LogP contribution in [0.2, 0.25) is 0 Å². The second kappa shape index (κ2) is 6.83. The number of carbonyl (C=O) groups is 3. The number of ketones is 2. The monoisotopic (exact) mass is 261 g/mol. The van der Waals surface area contributed by atoms with E-state index in [9.17, 15) is 14.4 Å². The van der Waals surface area contributed by atoms with Gasteiger partial charge in [0.15, 0.2) is 5.78 Å². The first-order valence-corrected chi connectivity index (χ1v) is 6.42. The Bertz CT molecular complexity index is 470. The summed E-state index contributed by atoms with van der Waals surface area (Å²) in [7, 11) is 0. The minimum absolute atomic E-state index is 0.0854. The van der Waals surface area contributed by atoms with Gasteiger partial charge in [-0.05, 0) is 30.7 Å². The lowest BCUT2D eigenvalue weighted by Gasteiger charge is -2.09. The number of benzene rings is 1. The molecular weight excluding hydrogens is 242 g/mol. The van der Waals surface area contributed by atoms with Gasteiger partial charge in [-0.25, -0.2) is 0 Å². The molecule has 102 valence electrons. The third-order valence-electron chi connectivity index (χ3n) is 2.80. The third-order valence-corrected chi connectivity index (χ3v) is 2.80. The van der Waals surface area contributed by atoms with Gasteiger partial charge in [0, 0.05) is 30.5 Å². The molecule has 0 aliphatic rings. The Labute approximate surface area is 113 Å². The van der Waals surface area contributed by atoms with Crippen molar-refractivity contribution < 1.29 is 14.4 Å². The van der Waals surface area contributed by atoms with E-state index in [4.69, 9.17) is 0 Å². The largest absolute Gasteiger partial charge is 0.326 e. The molecule has 4 heteroatoms. The lowest BCUT2D eigenvalue weighted by molar-refractivity contribution is -0.118. The van der Waals surface area contributed by atoms with E-state index in [0.717, 1.165) is 5.56 Å². The van der Waals surface area contributed by atoms with Crippen LogP contribution in [0.1, 0.15) is 49.5 Å². The highest BCUT2D eigenvalue weighted by atomic mass is 16.1. The Hall–Kier alpha value is -1.97. The molecule has 4 nitrogen and oxygen atoms in total. The fourth-order valence-electron chi connectivity index (χ4n) is 1.67. The predicted octanol–water partition coefficient (Wildman–Crippen LogP) is 2.76. The van der Waals surface area contributed by atoms with Gasteiger partial charge >= 0.3 is 0 Å². The van der Waals surface area contributed by atoms with Gasteiger partial charge in [0.25, 0.3) is 0 Å². The van der Waals surface area contributed by atoms with Crippen LogP contribution in [-0.2, 0) is 16.0 Å². The van der Waals surface area contributed by atoms with E-state index in [1.165, 1.54) is 6.92 Å². The predicted molar refractivity (Wildman–Crippen MR) is 74.4 cm³/mol. The molecule has 1 aromatic rings. The normalized spacial score (nSPS) is 10.1. The highest BCUT2D eigenvalue weighted by molar-refractivity contribution is 5.97. The summed E-state index contributed by atoms with van der Waals surface area (Å²) in [5, 5.41) is 2.72. The molecule has 0 unspecified atom stereocenters. The lowest BCUT2D eigenvalue weighted by Crippen LogP contribution is -2.11. The highest BCUT2D eigenvalue weighted by Gasteiger charge is 2.09. The van der Waals surface area contributed by atoms with Gasteiger partial charge in [-0.15, -0.1) is 0 Å². The minimum Gasteiger partial charge on any atom is -0.326 e. The van der Waals surface area contributed by atoms with Crippen molar-refractivity contribution in [1.29, 1.82) is 0 Å². The molecule has 0 spiro atoms. The zero-order chi connectivity index (χ0) is 14.4. The number of carbonyl (C=O) groups excluding carboxylic acids is 3.